The second-order valence-corrected chi connectivity index (χ2v) is 10.1. The van der Waals surface area contributed by atoms with E-state index in [0.29, 0.717) is 87.0 Å². The van der Waals surface area contributed by atoms with Gasteiger partial charge in [-0.2, -0.15) is 15.0 Å². The summed E-state index contributed by atoms with van der Waals surface area (Å²) < 4.78 is 22.2. The molecule has 43 heavy (non-hydrogen) atoms. The second kappa shape index (κ2) is 17.7. The highest BCUT2D eigenvalue weighted by Crippen LogP contribution is 2.31. The van der Waals surface area contributed by atoms with E-state index in [1.807, 2.05) is 36.4 Å². The predicted octanol–water partition coefficient (Wildman–Crippen LogP) is 4.12. The van der Waals surface area contributed by atoms with Gasteiger partial charge in [0.1, 0.15) is 0 Å². The molecule has 0 atom stereocenters. The number of hydrogen-bond donors (Lipinski definition) is 4. The molecular weight excluding hydrogens is 550 g/mol. The number of carbonyl (C=O) groups excluding carboxylic acids is 1. The van der Waals surface area contributed by atoms with Crippen molar-refractivity contribution in [2.75, 3.05) is 69.7 Å². The molecule has 0 unspecified atom stereocenters. The summed E-state index contributed by atoms with van der Waals surface area (Å²) in [5.41, 5.74) is 1.56. The zero-order chi connectivity index (χ0) is 30.1. The lowest BCUT2D eigenvalue weighted by atomic mass is 9.96. The largest absolute Gasteiger partial charge is 0.493 e. The van der Waals surface area contributed by atoms with Gasteiger partial charge in [0.05, 0.1) is 40.6 Å². The Bertz CT molecular complexity index is 1260. The molecule has 232 valence electrons. The molecule has 2 aromatic carbocycles. The fourth-order valence-corrected chi connectivity index (χ4v) is 4.78. The zero-order valence-corrected chi connectivity index (χ0v) is 25.1. The predicted molar refractivity (Wildman–Crippen MR) is 166 cm³/mol. The van der Waals surface area contributed by atoms with Gasteiger partial charge >= 0.3 is 0 Å². The van der Waals surface area contributed by atoms with Crippen LogP contribution >= 0.6 is 0 Å². The van der Waals surface area contributed by atoms with Crippen LogP contribution < -0.4 is 30.7 Å². The number of amides is 1. The highest BCUT2D eigenvalue weighted by Gasteiger charge is 2.16. The highest BCUT2D eigenvalue weighted by molar-refractivity contribution is 5.94. The van der Waals surface area contributed by atoms with E-state index >= 15 is 0 Å². The normalized spacial score (nSPS) is 13.3. The molecule has 1 saturated carbocycles. The van der Waals surface area contributed by atoms with Crippen LogP contribution in [-0.4, -0.2) is 80.6 Å². The number of hydrogen-bond acceptors (Lipinski definition) is 11. The van der Waals surface area contributed by atoms with Crippen LogP contribution in [0.5, 0.6) is 11.5 Å². The maximum atomic E-state index is 12.0. The number of benzene rings is 2. The summed E-state index contributed by atoms with van der Waals surface area (Å²) in [5.74, 6) is 2.68. The average Bonchev–Trinajstić information content (AvgIpc) is 3.05. The molecule has 4 rings (SSSR count). The summed E-state index contributed by atoms with van der Waals surface area (Å²) in [5, 5.41) is 12.9. The first-order chi connectivity index (χ1) is 21.2. The van der Waals surface area contributed by atoms with Crippen molar-refractivity contribution in [1.29, 1.82) is 0 Å². The summed E-state index contributed by atoms with van der Waals surface area (Å²) in [4.78, 5) is 25.8. The van der Waals surface area contributed by atoms with Crippen LogP contribution in [0.2, 0.25) is 0 Å². The van der Waals surface area contributed by atoms with Gasteiger partial charge in [0.25, 0.3) is 5.91 Å². The van der Waals surface area contributed by atoms with Gasteiger partial charge in [-0.25, -0.2) is 0 Å². The first kappa shape index (κ1) is 31.8. The van der Waals surface area contributed by atoms with Crippen molar-refractivity contribution in [2.24, 2.45) is 0 Å². The van der Waals surface area contributed by atoms with E-state index in [1.165, 1.54) is 19.3 Å². The minimum Gasteiger partial charge on any atom is -0.493 e. The molecule has 12 heteroatoms. The minimum absolute atomic E-state index is 0.111. The summed E-state index contributed by atoms with van der Waals surface area (Å²) >= 11 is 0. The molecule has 3 aromatic rings. The van der Waals surface area contributed by atoms with Gasteiger partial charge in [-0.3, -0.25) is 4.79 Å². The second-order valence-electron chi connectivity index (χ2n) is 10.1. The fraction of sp³-hybridized carbons (Fsp3) is 0.484. The molecule has 1 aliphatic rings. The van der Waals surface area contributed by atoms with Gasteiger partial charge in [-0.05, 0) is 31.0 Å². The highest BCUT2D eigenvalue weighted by atomic mass is 16.5. The number of nitrogens with one attached hydrogen (secondary N) is 4. The van der Waals surface area contributed by atoms with E-state index in [9.17, 15) is 4.79 Å². The van der Waals surface area contributed by atoms with Crippen molar-refractivity contribution >= 4 is 23.8 Å². The van der Waals surface area contributed by atoms with Gasteiger partial charge in [-0.15, -0.1) is 0 Å². The van der Waals surface area contributed by atoms with Crippen LogP contribution in [-0.2, 0) is 16.0 Å². The number of anilines is 3. The summed E-state index contributed by atoms with van der Waals surface area (Å²) in [6.45, 7) is 3.15. The molecule has 0 bridgehead atoms. The quantitative estimate of drug-likeness (QED) is 0.158. The minimum atomic E-state index is -0.111. The van der Waals surface area contributed by atoms with Gasteiger partial charge in [0, 0.05) is 36.8 Å². The maximum absolute atomic E-state index is 12.0. The molecule has 0 spiro atoms. The summed E-state index contributed by atoms with van der Waals surface area (Å²) in [7, 11) is 3.24. The monoisotopic (exact) mass is 593 g/mol. The Hall–Kier alpha value is -4.16. The van der Waals surface area contributed by atoms with E-state index in [2.05, 4.69) is 36.2 Å². The maximum Gasteiger partial charge on any atom is 0.251 e. The Labute approximate surface area is 253 Å². The lowest BCUT2D eigenvalue weighted by Gasteiger charge is -2.23. The van der Waals surface area contributed by atoms with E-state index in [-0.39, 0.29) is 5.91 Å². The van der Waals surface area contributed by atoms with Gasteiger partial charge in [-0.1, -0.05) is 49.6 Å². The van der Waals surface area contributed by atoms with Gasteiger partial charge in [0.2, 0.25) is 17.8 Å². The number of ether oxygens (including phenoxy) is 4. The molecule has 1 fully saturated rings. The van der Waals surface area contributed by atoms with Crippen molar-refractivity contribution < 1.29 is 23.7 Å². The first-order valence-corrected chi connectivity index (χ1v) is 14.8. The molecule has 1 amide bonds. The van der Waals surface area contributed by atoms with E-state index < -0.39 is 0 Å². The Balaban J connectivity index is 1.21. The van der Waals surface area contributed by atoms with Crippen molar-refractivity contribution in [1.82, 2.24) is 20.3 Å². The molecule has 12 nitrogen and oxygen atoms in total. The molecular formula is C31H43N7O5. The van der Waals surface area contributed by atoms with E-state index in [0.717, 1.165) is 18.4 Å². The van der Waals surface area contributed by atoms with Crippen molar-refractivity contribution in [3.05, 3.63) is 59.7 Å². The molecule has 0 radical (unpaired) electrons. The van der Waals surface area contributed by atoms with Crippen LogP contribution in [0.15, 0.2) is 48.5 Å². The van der Waals surface area contributed by atoms with Crippen LogP contribution in [0.4, 0.5) is 17.8 Å². The Morgan fingerprint density at radius 1 is 0.767 bits per heavy atom. The first-order valence-electron chi connectivity index (χ1n) is 14.8. The Kier molecular flexibility index (Phi) is 13.1. The van der Waals surface area contributed by atoms with Crippen molar-refractivity contribution in [3.63, 3.8) is 0 Å². The Morgan fingerprint density at radius 2 is 1.47 bits per heavy atom. The van der Waals surface area contributed by atoms with Crippen LogP contribution in [0.1, 0.15) is 48.0 Å². The van der Waals surface area contributed by atoms with E-state index in [4.69, 9.17) is 18.9 Å². The number of carbonyl (C=O) groups is 1. The molecule has 1 heterocycles. The third-order valence-corrected chi connectivity index (χ3v) is 6.96. The third-order valence-electron chi connectivity index (χ3n) is 6.96. The number of para-hydroxylation sites is 1. The van der Waals surface area contributed by atoms with Crippen molar-refractivity contribution in [3.8, 4) is 11.5 Å². The number of rotatable bonds is 18. The van der Waals surface area contributed by atoms with Crippen LogP contribution in [0, 0.1) is 0 Å². The fourth-order valence-electron chi connectivity index (χ4n) is 4.78. The number of methoxy groups -OCH3 is 2. The zero-order valence-electron chi connectivity index (χ0n) is 25.1. The molecule has 1 aromatic heterocycles. The van der Waals surface area contributed by atoms with Gasteiger partial charge in [0.15, 0.2) is 11.5 Å². The number of nitrogens with zero attached hydrogens (tertiary/aromatic N) is 3. The third kappa shape index (κ3) is 10.6. The molecule has 0 aliphatic heterocycles. The average molecular weight is 594 g/mol. The summed E-state index contributed by atoms with van der Waals surface area (Å²) in [6.07, 6.45) is 5.89. The lowest BCUT2D eigenvalue weighted by molar-refractivity contribution is 0.0519. The standard InChI is InChI=1S/C31H43N7O5/c1-40-26-15-9-12-24(27(26)41-2)22-34-30-36-29(37-31(38-30)35-25-13-7-4-8-14-25)33-17-19-43-21-20-42-18-16-32-28(39)23-10-5-3-6-11-23/h3,5-6,9-12,15,25H,4,7-8,13-14,16-22H2,1-2H3,(H,32,39)(H3,33,34,35,36,37,38). The van der Waals surface area contributed by atoms with E-state index in [1.54, 1.807) is 26.4 Å². The van der Waals surface area contributed by atoms with Crippen molar-refractivity contribution in [2.45, 2.75) is 44.7 Å². The Morgan fingerprint density at radius 3 is 2.19 bits per heavy atom. The summed E-state index contributed by atoms with van der Waals surface area (Å²) in [6, 6.07) is 15.2. The van der Waals surface area contributed by atoms with Crippen LogP contribution in [0.3, 0.4) is 0 Å². The topological polar surface area (TPSA) is 141 Å². The molecule has 0 saturated heterocycles. The number of aromatic nitrogens is 3. The molecule has 4 N–H and O–H groups in total. The van der Waals surface area contributed by atoms with Crippen LogP contribution in [0.25, 0.3) is 0 Å². The SMILES string of the molecule is COc1cccc(CNc2nc(NCCOCCOCCNC(=O)c3ccccc3)nc(NC3CCCCC3)n2)c1OC. The molecule has 1 aliphatic carbocycles. The van der Waals surface area contributed by atoms with Gasteiger partial charge < -0.3 is 40.2 Å². The lowest BCUT2D eigenvalue weighted by Crippen LogP contribution is -2.27. The smallest absolute Gasteiger partial charge is 0.251 e.